The quantitative estimate of drug-likeness (QED) is 0.366. The molecule has 0 unspecified atom stereocenters. The van der Waals surface area contributed by atoms with Crippen LogP contribution in [-0.4, -0.2) is 25.6 Å². The van der Waals surface area contributed by atoms with Crippen LogP contribution in [0.1, 0.15) is 10.4 Å². The highest BCUT2D eigenvalue weighted by molar-refractivity contribution is 7.90. The SMILES string of the molecule is CS(=O)(=O)c1ccc(C(=O)Nc2ccc(Cl)c(-c3ccccn3)c2)c(-c2cc(F)cc(F)c2)c1. The average Bonchev–Trinajstić information content (AvgIpc) is 2.79. The van der Waals surface area contributed by atoms with Crippen molar-refractivity contribution in [3.05, 3.63) is 101 Å². The number of carbonyl (C=O) groups excluding carboxylic acids is 1. The number of aromatic nitrogens is 1. The van der Waals surface area contributed by atoms with Crippen LogP contribution >= 0.6 is 11.6 Å². The Morgan fingerprint density at radius 3 is 2.29 bits per heavy atom. The van der Waals surface area contributed by atoms with Crippen LogP contribution < -0.4 is 5.32 Å². The second-order valence-corrected chi connectivity index (χ2v) is 9.92. The Morgan fingerprint density at radius 2 is 1.65 bits per heavy atom. The van der Waals surface area contributed by atoms with Gasteiger partial charge in [0.05, 0.1) is 15.6 Å². The maximum atomic E-state index is 13.9. The van der Waals surface area contributed by atoms with Gasteiger partial charge in [-0.1, -0.05) is 17.7 Å². The largest absolute Gasteiger partial charge is 0.322 e. The van der Waals surface area contributed by atoms with E-state index in [0.29, 0.717) is 28.0 Å². The van der Waals surface area contributed by atoms with Crippen LogP contribution in [0.3, 0.4) is 0 Å². The number of sulfone groups is 1. The van der Waals surface area contributed by atoms with Crippen LogP contribution in [0.2, 0.25) is 5.02 Å². The zero-order valence-electron chi connectivity index (χ0n) is 17.7. The smallest absolute Gasteiger partial charge is 0.256 e. The molecule has 1 N–H and O–H groups in total. The van der Waals surface area contributed by atoms with E-state index in [9.17, 15) is 22.0 Å². The Labute approximate surface area is 200 Å². The van der Waals surface area contributed by atoms with Gasteiger partial charge in [-0.3, -0.25) is 9.78 Å². The fraction of sp³-hybridized carbons (Fsp3) is 0.0400. The number of carbonyl (C=O) groups is 1. The third-order valence-corrected chi connectivity index (χ3v) is 6.44. The van der Waals surface area contributed by atoms with Crippen LogP contribution in [-0.2, 0) is 9.84 Å². The lowest BCUT2D eigenvalue weighted by Gasteiger charge is -2.14. The molecule has 0 bridgehead atoms. The minimum Gasteiger partial charge on any atom is -0.322 e. The summed E-state index contributed by atoms with van der Waals surface area (Å²) in [5.74, 6) is -2.32. The lowest BCUT2D eigenvalue weighted by molar-refractivity contribution is 0.102. The van der Waals surface area contributed by atoms with Crippen molar-refractivity contribution in [2.24, 2.45) is 0 Å². The van der Waals surface area contributed by atoms with Gasteiger partial charge in [0, 0.05) is 35.3 Å². The zero-order valence-corrected chi connectivity index (χ0v) is 19.3. The fourth-order valence-corrected chi connectivity index (χ4v) is 4.28. The normalized spacial score (nSPS) is 11.3. The molecule has 172 valence electrons. The van der Waals surface area contributed by atoms with Gasteiger partial charge in [0.25, 0.3) is 5.91 Å². The van der Waals surface area contributed by atoms with Gasteiger partial charge in [0.2, 0.25) is 0 Å². The summed E-state index contributed by atoms with van der Waals surface area (Å²) in [6.45, 7) is 0. The molecule has 1 aromatic heterocycles. The maximum absolute atomic E-state index is 13.9. The molecule has 0 atom stereocenters. The Balaban J connectivity index is 1.77. The maximum Gasteiger partial charge on any atom is 0.256 e. The Bertz CT molecular complexity index is 1490. The van der Waals surface area contributed by atoms with Gasteiger partial charge in [-0.2, -0.15) is 0 Å². The fourth-order valence-electron chi connectivity index (χ4n) is 3.42. The molecule has 34 heavy (non-hydrogen) atoms. The van der Waals surface area contributed by atoms with Crippen LogP contribution in [0.25, 0.3) is 22.4 Å². The number of nitrogens with one attached hydrogen (secondary N) is 1. The van der Waals surface area contributed by atoms with Gasteiger partial charge in [-0.05, 0) is 71.8 Å². The van der Waals surface area contributed by atoms with Gasteiger partial charge in [0.15, 0.2) is 9.84 Å². The molecule has 1 heterocycles. The van der Waals surface area contributed by atoms with Gasteiger partial charge in [0.1, 0.15) is 11.6 Å². The van der Waals surface area contributed by atoms with Crippen molar-refractivity contribution < 1.29 is 22.0 Å². The third kappa shape index (κ3) is 5.13. The lowest BCUT2D eigenvalue weighted by Crippen LogP contribution is -2.14. The van der Waals surface area contributed by atoms with Crippen molar-refractivity contribution in [1.82, 2.24) is 4.98 Å². The van der Waals surface area contributed by atoms with E-state index in [2.05, 4.69) is 10.3 Å². The summed E-state index contributed by atoms with van der Waals surface area (Å²) in [6, 6.07) is 16.7. The molecular formula is C25H17ClF2N2O3S. The topological polar surface area (TPSA) is 76.1 Å². The monoisotopic (exact) mass is 498 g/mol. The van der Waals surface area contributed by atoms with Crippen molar-refractivity contribution in [2.75, 3.05) is 11.6 Å². The minimum atomic E-state index is -3.64. The highest BCUT2D eigenvalue weighted by Crippen LogP contribution is 2.31. The number of amides is 1. The molecule has 4 aromatic rings. The van der Waals surface area contributed by atoms with Crippen molar-refractivity contribution in [3.63, 3.8) is 0 Å². The van der Waals surface area contributed by atoms with Gasteiger partial charge in [-0.15, -0.1) is 0 Å². The molecule has 0 spiro atoms. The molecule has 1 amide bonds. The first-order chi connectivity index (χ1) is 16.1. The van der Waals surface area contributed by atoms with Crippen LogP contribution in [0, 0.1) is 11.6 Å². The van der Waals surface area contributed by atoms with Gasteiger partial charge < -0.3 is 5.32 Å². The summed E-state index contributed by atoms with van der Waals surface area (Å²) in [5.41, 5.74) is 1.73. The molecule has 3 aromatic carbocycles. The van der Waals surface area contributed by atoms with Crippen LogP contribution in [0.4, 0.5) is 14.5 Å². The molecule has 0 aliphatic carbocycles. The number of anilines is 1. The van der Waals surface area contributed by atoms with E-state index in [0.717, 1.165) is 18.4 Å². The third-order valence-electron chi connectivity index (χ3n) is 5.00. The van der Waals surface area contributed by atoms with E-state index >= 15 is 0 Å². The van der Waals surface area contributed by atoms with Gasteiger partial charge in [-0.25, -0.2) is 17.2 Å². The number of hydrogen-bond donors (Lipinski definition) is 1. The molecule has 0 aliphatic rings. The summed E-state index contributed by atoms with van der Waals surface area (Å²) in [4.78, 5) is 17.4. The number of halogens is 3. The number of rotatable bonds is 5. The lowest BCUT2D eigenvalue weighted by atomic mass is 9.98. The summed E-state index contributed by atoms with van der Waals surface area (Å²) < 4.78 is 51.9. The molecule has 0 saturated heterocycles. The highest BCUT2D eigenvalue weighted by Gasteiger charge is 2.19. The molecule has 0 radical (unpaired) electrons. The zero-order chi connectivity index (χ0) is 24.5. The predicted molar refractivity (Wildman–Crippen MR) is 128 cm³/mol. The second kappa shape index (κ2) is 9.32. The molecule has 0 aliphatic heterocycles. The summed E-state index contributed by atoms with van der Waals surface area (Å²) in [6.07, 6.45) is 2.62. The predicted octanol–water partition coefficient (Wildman–Crippen LogP) is 6.00. The van der Waals surface area contributed by atoms with E-state index in [1.165, 1.54) is 18.2 Å². The van der Waals surface area contributed by atoms with E-state index < -0.39 is 27.4 Å². The van der Waals surface area contributed by atoms with E-state index in [4.69, 9.17) is 11.6 Å². The van der Waals surface area contributed by atoms with Crippen LogP contribution in [0.5, 0.6) is 0 Å². The number of benzene rings is 3. The first kappa shape index (κ1) is 23.5. The number of hydrogen-bond acceptors (Lipinski definition) is 4. The van der Waals surface area contributed by atoms with Crippen molar-refractivity contribution >= 4 is 33.0 Å². The number of nitrogens with zero attached hydrogens (tertiary/aromatic N) is 1. The number of pyridine rings is 1. The summed E-state index contributed by atoms with van der Waals surface area (Å²) in [5, 5.41) is 3.17. The van der Waals surface area contributed by atoms with E-state index in [1.807, 2.05) is 0 Å². The van der Waals surface area contributed by atoms with Crippen molar-refractivity contribution in [2.45, 2.75) is 4.90 Å². The molecule has 4 rings (SSSR count). The molecular weight excluding hydrogens is 482 g/mol. The first-order valence-electron chi connectivity index (χ1n) is 9.95. The summed E-state index contributed by atoms with van der Waals surface area (Å²) >= 11 is 6.30. The molecule has 0 saturated carbocycles. The first-order valence-corrected chi connectivity index (χ1v) is 12.2. The standard InChI is InChI=1S/C25H17ClF2N2O3S/c1-34(32,33)19-6-7-20(21(14-19)15-10-16(27)12-17(28)11-15)25(31)30-18-5-8-23(26)22(13-18)24-4-2-3-9-29-24/h2-14H,1H3,(H,30,31). The van der Waals surface area contributed by atoms with Crippen molar-refractivity contribution in [1.29, 1.82) is 0 Å². The summed E-state index contributed by atoms with van der Waals surface area (Å²) in [7, 11) is -3.64. The van der Waals surface area contributed by atoms with Gasteiger partial charge >= 0.3 is 0 Å². The van der Waals surface area contributed by atoms with Crippen LogP contribution in [0.15, 0.2) is 83.9 Å². The average molecular weight is 499 g/mol. The molecule has 5 nitrogen and oxygen atoms in total. The van der Waals surface area contributed by atoms with E-state index in [-0.39, 0.29) is 21.6 Å². The molecule has 9 heteroatoms. The molecule has 0 fully saturated rings. The Morgan fingerprint density at radius 1 is 0.912 bits per heavy atom. The van der Waals surface area contributed by atoms with Crippen molar-refractivity contribution in [3.8, 4) is 22.4 Å². The Kier molecular flexibility index (Phi) is 6.45. The second-order valence-electron chi connectivity index (χ2n) is 7.50. The minimum absolute atomic E-state index is 0.0263. The van der Waals surface area contributed by atoms with E-state index in [1.54, 1.807) is 42.6 Å². The Hall–Kier alpha value is -3.62. The highest BCUT2D eigenvalue weighted by atomic mass is 35.5.